The number of carbonyl (C=O) groups excluding carboxylic acids is 1. The Balaban J connectivity index is 2.24. The number of allylic oxidation sites excluding steroid dienone is 1. The van der Waals surface area contributed by atoms with Crippen molar-refractivity contribution < 1.29 is 18.7 Å². The summed E-state index contributed by atoms with van der Waals surface area (Å²) >= 11 is 0. The fourth-order valence-corrected chi connectivity index (χ4v) is 2.00. The lowest BCUT2D eigenvalue weighted by Crippen LogP contribution is -1.96. The molecule has 0 heterocycles. The summed E-state index contributed by atoms with van der Waals surface area (Å²) in [6.45, 7) is 3.52. The van der Waals surface area contributed by atoms with Gasteiger partial charge in [0.15, 0.2) is 17.4 Å². The lowest BCUT2D eigenvalue weighted by molar-refractivity contribution is 0.104. The van der Waals surface area contributed by atoms with Crippen molar-refractivity contribution in [3.63, 3.8) is 0 Å². The highest BCUT2D eigenvalue weighted by Crippen LogP contribution is 2.23. The summed E-state index contributed by atoms with van der Waals surface area (Å²) in [5, 5.41) is 9.67. The van der Waals surface area contributed by atoms with Crippen LogP contribution >= 0.6 is 0 Å². The van der Waals surface area contributed by atoms with Crippen molar-refractivity contribution in [2.75, 3.05) is 0 Å². The number of aromatic hydroxyl groups is 1. The van der Waals surface area contributed by atoms with Crippen molar-refractivity contribution in [1.82, 2.24) is 0 Å². The van der Waals surface area contributed by atoms with E-state index in [-0.39, 0.29) is 11.3 Å². The molecular weight excluding hydrogens is 274 g/mol. The Labute approximate surface area is 121 Å². The fraction of sp³-hybridized carbons (Fsp3) is 0.118. The Morgan fingerprint density at radius 3 is 2.24 bits per heavy atom. The van der Waals surface area contributed by atoms with Crippen LogP contribution in [-0.2, 0) is 0 Å². The number of hydrogen-bond acceptors (Lipinski definition) is 2. The number of hydrogen-bond donors (Lipinski definition) is 1. The maximum Gasteiger partial charge on any atom is 0.185 e. The van der Waals surface area contributed by atoms with Gasteiger partial charge < -0.3 is 5.11 Å². The number of phenolic OH excluding ortho intramolecular Hbond substituents is 1. The number of benzene rings is 2. The molecule has 0 saturated heterocycles. The van der Waals surface area contributed by atoms with Crippen molar-refractivity contribution in [3.8, 4) is 5.75 Å². The number of carbonyl (C=O) groups is 1. The molecule has 2 aromatic rings. The number of phenols is 1. The van der Waals surface area contributed by atoms with E-state index in [4.69, 9.17) is 0 Å². The summed E-state index contributed by atoms with van der Waals surface area (Å²) in [6, 6.07) is 6.49. The summed E-state index contributed by atoms with van der Waals surface area (Å²) in [5.41, 5.74) is 2.24. The zero-order valence-electron chi connectivity index (χ0n) is 11.7. The maximum atomic E-state index is 13.1. The monoisotopic (exact) mass is 288 g/mol. The van der Waals surface area contributed by atoms with Crippen molar-refractivity contribution in [2.24, 2.45) is 0 Å². The third-order valence-electron chi connectivity index (χ3n) is 3.14. The van der Waals surface area contributed by atoms with Crippen LogP contribution in [0.25, 0.3) is 6.08 Å². The highest BCUT2D eigenvalue weighted by Gasteiger charge is 2.07. The van der Waals surface area contributed by atoms with Crippen molar-refractivity contribution in [2.45, 2.75) is 13.8 Å². The van der Waals surface area contributed by atoms with Gasteiger partial charge in [-0.2, -0.15) is 0 Å². The van der Waals surface area contributed by atoms with Gasteiger partial charge in [-0.3, -0.25) is 4.79 Å². The molecule has 0 radical (unpaired) electrons. The summed E-state index contributed by atoms with van der Waals surface area (Å²) < 4.78 is 25.9. The van der Waals surface area contributed by atoms with Crippen LogP contribution in [0.4, 0.5) is 8.78 Å². The molecule has 21 heavy (non-hydrogen) atoms. The first-order chi connectivity index (χ1) is 9.88. The van der Waals surface area contributed by atoms with E-state index in [2.05, 4.69) is 0 Å². The largest absolute Gasteiger partial charge is 0.507 e. The molecule has 4 heteroatoms. The van der Waals surface area contributed by atoms with E-state index in [1.54, 1.807) is 32.1 Å². The number of halogens is 2. The third-order valence-corrected chi connectivity index (χ3v) is 3.14. The van der Waals surface area contributed by atoms with E-state index in [1.807, 2.05) is 0 Å². The molecule has 2 nitrogen and oxygen atoms in total. The Bertz CT molecular complexity index is 711. The Kier molecular flexibility index (Phi) is 4.17. The van der Waals surface area contributed by atoms with Gasteiger partial charge >= 0.3 is 0 Å². The molecule has 1 N–H and O–H groups in total. The maximum absolute atomic E-state index is 13.1. The minimum absolute atomic E-state index is 0.0809. The fourth-order valence-electron chi connectivity index (χ4n) is 2.00. The second-order valence-electron chi connectivity index (χ2n) is 4.83. The van der Waals surface area contributed by atoms with Gasteiger partial charge in [-0.25, -0.2) is 8.78 Å². The summed E-state index contributed by atoms with van der Waals surface area (Å²) in [6.07, 6.45) is 2.86. The van der Waals surface area contributed by atoms with Gasteiger partial charge in [0, 0.05) is 5.56 Å². The second kappa shape index (κ2) is 5.87. The van der Waals surface area contributed by atoms with Crippen molar-refractivity contribution >= 4 is 11.9 Å². The van der Waals surface area contributed by atoms with Crippen LogP contribution < -0.4 is 0 Å². The predicted molar refractivity (Wildman–Crippen MR) is 77.3 cm³/mol. The van der Waals surface area contributed by atoms with E-state index < -0.39 is 17.4 Å². The Morgan fingerprint density at radius 2 is 1.67 bits per heavy atom. The lowest BCUT2D eigenvalue weighted by Gasteiger charge is -2.04. The van der Waals surface area contributed by atoms with Crippen LogP contribution in [0.3, 0.4) is 0 Å². The Hall–Kier alpha value is -2.49. The first-order valence-corrected chi connectivity index (χ1v) is 6.36. The second-order valence-corrected chi connectivity index (χ2v) is 4.83. The van der Waals surface area contributed by atoms with Gasteiger partial charge in [-0.05, 0) is 66.9 Å². The van der Waals surface area contributed by atoms with Crippen molar-refractivity contribution in [1.29, 1.82) is 0 Å². The molecule has 0 aliphatic carbocycles. The van der Waals surface area contributed by atoms with Gasteiger partial charge in [0.25, 0.3) is 0 Å². The lowest BCUT2D eigenvalue weighted by atomic mass is 10.0. The van der Waals surface area contributed by atoms with Gasteiger partial charge in [0.05, 0.1) is 0 Å². The van der Waals surface area contributed by atoms with Crippen molar-refractivity contribution in [3.05, 3.63) is 70.3 Å². The molecule has 2 aromatic carbocycles. The average molecular weight is 288 g/mol. The zero-order valence-corrected chi connectivity index (χ0v) is 11.7. The predicted octanol–water partition coefficient (Wildman–Crippen LogP) is 4.18. The quantitative estimate of drug-likeness (QED) is 0.679. The standard InChI is InChI=1S/C17H14F2O2/c1-10-7-12(8-11(2)17(10)21)3-6-16(20)13-4-5-14(18)15(19)9-13/h3-9,21H,1-2H3/b6-3+. The van der Waals surface area contributed by atoms with Gasteiger partial charge in [-0.15, -0.1) is 0 Å². The van der Waals surface area contributed by atoms with E-state index >= 15 is 0 Å². The van der Waals surface area contributed by atoms with Crippen LogP contribution in [0.1, 0.15) is 27.0 Å². The van der Waals surface area contributed by atoms with Crippen LogP contribution in [0, 0.1) is 25.5 Å². The molecule has 2 rings (SSSR count). The molecule has 0 aliphatic rings. The molecule has 0 saturated carbocycles. The molecule has 0 amide bonds. The van der Waals surface area contributed by atoms with Crippen LogP contribution in [0.2, 0.25) is 0 Å². The minimum atomic E-state index is -1.05. The molecule has 0 spiro atoms. The summed E-state index contributed by atoms with van der Waals surface area (Å²) in [4.78, 5) is 11.9. The molecule has 0 aliphatic heterocycles. The Morgan fingerprint density at radius 1 is 1.05 bits per heavy atom. The number of ketones is 1. The normalized spacial score (nSPS) is 11.0. The van der Waals surface area contributed by atoms with E-state index in [9.17, 15) is 18.7 Å². The summed E-state index contributed by atoms with van der Waals surface area (Å²) in [7, 11) is 0. The topological polar surface area (TPSA) is 37.3 Å². The smallest absolute Gasteiger partial charge is 0.185 e. The highest BCUT2D eigenvalue weighted by atomic mass is 19.2. The van der Waals surface area contributed by atoms with Crippen LogP contribution in [0.5, 0.6) is 5.75 Å². The highest BCUT2D eigenvalue weighted by molar-refractivity contribution is 6.06. The first-order valence-electron chi connectivity index (χ1n) is 6.36. The van der Waals surface area contributed by atoms with Gasteiger partial charge in [0.2, 0.25) is 0 Å². The molecule has 0 unspecified atom stereocenters. The average Bonchev–Trinajstić information content (AvgIpc) is 2.44. The molecule has 0 fully saturated rings. The molecule has 108 valence electrons. The number of rotatable bonds is 3. The van der Waals surface area contributed by atoms with E-state index in [0.717, 1.165) is 17.7 Å². The molecule has 0 aromatic heterocycles. The third kappa shape index (κ3) is 3.34. The zero-order chi connectivity index (χ0) is 15.6. The SMILES string of the molecule is Cc1cc(/C=C/C(=O)c2ccc(F)c(F)c2)cc(C)c1O. The van der Waals surface area contributed by atoms with Crippen LogP contribution in [0.15, 0.2) is 36.4 Å². The number of aryl methyl sites for hydroxylation is 2. The van der Waals surface area contributed by atoms with Gasteiger partial charge in [0.1, 0.15) is 5.75 Å². The van der Waals surface area contributed by atoms with E-state index in [0.29, 0.717) is 11.1 Å². The van der Waals surface area contributed by atoms with E-state index in [1.165, 1.54) is 12.1 Å². The molecular formula is C17H14F2O2. The minimum Gasteiger partial charge on any atom is -0.507 e. The first kappa shape index (κ1) is 14.9. The van der Waals surface area contributed by atoms with Gasteiger partial charge in [-0.1, -0.05) is 6.08 Å². The van der Waals surface area contributed by atoms with Crippen LogP contribution in [-0.4, -0.2) is 10.9 Å². The molecule has 0 atom stereocenters. The summed E-state index contributed by atoms with van der Waals surface area (Å²) in [5.74, 6) is -2.23. The molecule has 0 bridgehead atoms.